The molecule has 1 fully saturated rings. The zero-order valence-electron chi connectivity index (χ0n) is 16.9. The maximum absolute atomic E-state index is 14.0. The molecule has 0 saturated heterocycles. The topological polar surface area (TPSA) is 101 Å². The summed E-state index contributed by atoms with van der Waals surface area (Å²) >= 11 is 5.46. The highest BCUT2D eigenvalue weighted by molar-refractivity contribution is 6.32. The maximum atomic E-state index is 14.0. The number of nitrogens with zero attached hydrogens (tertiary/aromatic N) is 4. The Hall–Kier alpha value is -3.47. The molecule has 2 atom stereocenters. The molecule has 12 heteroatoms. The Bertz CT molecular complexity index is 1110. The average Bonchev–Trinajstić information content (AvgIpc) is 3.31. The second kappa shape index (κ2) is 9.18. The van der Waals surface area contributed by atoms with Crippen molar-refractivity contribution in [2.24, 2.45) is 0 Å². The Morgan fingerprint density at radius 2 is 1.88 bits per heavy atom. The second-order valence-corrected chi connectivity index (χ2v) is 7.82. The number of nitrogens with one attached hydrogen (secondary N) is 1. The van der Waals surface area contributed by atoms with Crippen molar-refractivity contribution in [3.05, 3.63) is 60.8 Å². The third-order valence-corrected chi connectivity index (χ3v) is 5.28. The largest absolute Gasteiger partial charge is 0.356 e. The summed E-state index contributed by atoms with van der Waals surface area (Å²) in [5.41, 5.74) is -1.73. The van der Waals surface area contributed by atoms with E-state index in [2.05, 4.69) is 20.4 Å². The highest BCUT2D eigenvalue weighted by Crippen LogP contribution is 2.38. The van der Waals surface area contributed by atoms with Crippen LogP contribution >= 0.6 is 11.6 Å². The quantitative estimate of drug-likeness (QED) is 0.519. The summed E-state index contributed by atoms with van der Waals surface area (Å²) in [6.07, 6.45) is 4.25. The molecular formula is C21H17ClF3N5O3. The Labute approximate surface area is 190 Å². The Morgan fingerprint density at radius 3 is 2.42 bits per heavy atom. The first kappa shape index (κ1) is 22.7. The molecule has 2 amide bonds. The Balaban J connectivity index is 1.71. The van der Waals surface area contributed by atoms with Crippen LogP contribution < -0.4 is 10.2 Å². The molecule has 1 saturated carbocycles. The summed E-state index contributed by atoms with van der Waals surface area (Å²) in [6, 6.07) is 5.40. The fourth-order valence-electron chi connectivity index (χ4n) is 3.54. The van der Waals surface area contributed by atoms with Crippen LogP contribution in [0.15, 0.2) is 59.6 Å². The molecule has 1 aromatic carbocycles. The molecule has 1 aliphatic carbocycles. The summed E-state index contributed by atoms with van der Waals surface area (Å²) in [5.74, 6) is -4.46. The molecule has 2 heterocycles. The average molecular weight is 480 g/mol. The van der Waals surface area contributed by atoms with Gasteiger partial charge in [-0.05, 0) is 24.3 Å². The number of carbonyl (C=O) groups is 2. The van der Waals surface area contributed by atoms with E-state index >= 15 is 0 Å². The normalized spacial score (nSPS) is 17.0. The van der Waals surface area contributed by atoms with Crippen LogP contribution in [-0.2, 0) is 9.59 Å². The van der Waals surface area contributed by atoms with Crippen molar-refractivity contribution in [3.63, 3.8) is 0 Å². The van der Waals surface area contributed by atoms with E-state index in [-0.39, 0.29) is 11.4 Å². The van der Waals surface area contributed by atoms with Crippen molar-refractivity contribution in [3.8, 4) is 11.3 Å². The SMILES string of the molecule is O=C(NC1CC(F)(F)C1)[C@H](c1cnccn1)N(C(=O)[C@H](F)Cl)c1ccc(-c2ccno2)cc1. The molecule has 3 aromatic rings. The smallest absolute Gasteiger partial charge is 0.278 e. The van der Waals surface area contributed by atoms with Crippen LogP contribution in [0.4, 0.5) is 18.9 Å². The first-order valence-corrected chi connectivity index (χ1v) is 10.3. The molecular weight excluding hydrogens is 463 g/mol. The van der Waals surface area contributed by atoms with Gasteiger partial charge in [-0.2, -0.15) is 0 Å². The number of halogens is 4. The van der Waals surface area contributed by atoms with E-state index in [0.29, 0.717) is 11.3 Å². The van der Waals surface area contributed by atoms with Crippen molar-refractivity contribution >= 4 is 29.1 Å². The minimum Gasteiger partial charge on any atom is -0.356 e. The van der Waals surface area contributed by atoms with Crippen LogP contribution in [-0.4, -0.2) is 44.5 Å². The van der Waals surface area contributed by atoms with E-state index < -0.39 is 48.3 Å². The van der Waals surface area contributed by atoms with Gasteiger partial charge in [0, 0.05) is 48.6 Å². The Kier molecular flexibility index (Phi) is 6.32. The molecule has 0 radical (unpaired) electrons. The summed E-state index contributed by atoms with van der Waals surface area (Å²) < 4.78 is 45.6. The van der Waals surface area contributed by atoms with Crippen molar-refractivity contribution in [2.45, 2.75) is 36.5 Å². The molecule has 0 spiro atoms. The van der Waals surface area contributed by atoms with Crippen LogP contribution in [0.1, 0.15) is 24.6 Å². The van der Waals surface area contributed by atoms with Gasteiger partial charge in [0.25, 0.3) is 17.5 Å². The van der Waals surface area contributed by atoms with Gasteiger partial charge in [-0.1, -0.05) is 16.8 Å². The van der Waals surface area contributed by atoms with Gasteiger partial charge in [0.05, 0.1) is 18.1 Å². The fourth-order valence-corrected chi connectivity index (χ4v) is 3.64. The lowest BCUT2D eigenvalue weighted by molar-refractivity contribution is -0.133. The zero-order valence-corrected chi connectivity index (χ0v) is 17.6. The van der Waals surface area contributed by atoms with Gasteiger partial charge in [-0.15, -0.1) is 0 Å². The van der Waals surface area contributed by atoms with Crippen LogP contribution in [0.2, 0.25) is 0 Å². The van der Waals surface area contributed by atoms with E-state index in [9.17, 15) is 22.8 Å². The molecule has 0 bridgehead atoms. The number of alkyl halides is 4. The number of rotatable bonds is 7. The summed E-state index contributed by atoms with van der Waals surface area (Å²) in [4.78, 5) is 34.7. The van der Waals surface area contributed by atoms with Crippen LogP contribution in [0.3, 0.4) is 0 Å². The standard InChI is InChI=1S/C21H17ClF3N5O3/c22-18(23)20(32)30(14-3-1-12(2-4-14)16-5-6-28-33-16)17(15-11-26-7-8-27-15)19(31)29-13-9-21(24,25)10-13/h1-8,11,13,17-18H,9-10H2,(H,29,31)/t17-,18-/m0/s1. The number of carbonyl (C=O) groups excluding carboxylic acids is 2. The fraction of sp³-hybridized carbons (Fsp3) is 0.286. The first-order chi connectivity index (χ1) is 15.7. The first-order valence-electron chi connectivity index (χ1n) is 9.81. The lowest BCUT2D eigenvalue weighted by Crippen LogP contribution is -2.54. The van der Waals surface area contributed by atoms with Crippen molar-refractivity contribution in [1.29, 1.82) is 0 Å². The van der Waals surface area contributed by atoms with Crippen LogP contribution in [0.25, 0.3) is 11.3 Å². The van der Waals surface area contributed by atoms with Gasteiger partial charge in [0.1, 0.15) is 0 Å². The molecule has 8 nitrogen and oxygen atoms in total. The third kappa shape index (κ3) is 4.98. The highest BCUT2D eigenvalue weighted by atomic mass is 35.5. The van der Waals surface area contributed by atoms with Gasteiger partial charge in [0.15, 0.2) is 11.8 Å². The predicted octanol–water partition coefficient (Wildman–Crippen LogP) is 3.65. The summed E-state index contributed by atoms with van der Waals surface area (Å²) in [5, 5.41) is 6.10. The van der Waals surface area contributed by atoms with Gasteiger partial charge < -0.3 is 9.84 Å². The minimum atomic E-state index is -2.87. The van der Waals surface area contributed by atoms with Gasteiger partial charge >= 0.3 is 0 Å². The molecule has 2 aromatic heterocycles. The molecule has 1 aliphatic rings. The van der Waals surface area contributed by atoms with E-state index in [1.54, 1.807) is 18.2 Å². The summed E-state index contributed by atoms with van der Waals surface area (Å²) in [7, 11) is 0. The Morgan fingerprint density at radius 1 is 1.15 bits per heavy atom. The van der Waals surface area contributed by atoms with Crippen molar-refractivity contribution in [2.75, 3.05) is 4.90 Å². The van der Waals surface area contributed by atoms with E-state index in [0.717, 1.165) is 4.90 Å². The number of hydrogen-bond donors (Lipinski definition) is 1. The minimum absolute atomic E-state index is 0.00561. The molecule has 1 N–H and O–H groups in total. The predicted molar refractivity (Wildman–Crippen MR) is 111 cm³/mol. The van der Waals surface area contributed by atoms with Crippen LogP contribution in [0.5, 0.6) is 0 Å². The number of amides is 2. The second-order valence-electron chi connectivity index (χ2n) is 7.44. The van der Waals surface area contributed by atoms with E-state index in [1.165, 1.54) is 36.9 Å². The molecule has 0 unspecified atom stereocenters. The van der Waals surface area contributed by atoms with Gasteiger partial charge in [-0.25, -0.2) is 13.2 Å². The number of aromatic nitrogens is 3. The number of anilines is 1. The van der Waals surface area contributed by atoms with Crippen molar-refractivity contribution in [1.82, 2.24) is 20.4 Å². The van der Waals surface area contributed by atoms with E-state index in [1.807, 2.05) is 0 Å². The van der Waals surface area contributed by atoms with Gasteiger partial charge in [-0.3, -0.25) is 24.5 Å². The number of benzene rings is 1. The monoisotopic (exact) mass is 479 g/mol. The molecule has 4 rings (SSSR count). The maximum Gasteiger partial charge on any atom is 0.278 e. The highest BCUT2D eigenvalue weighted by Gasteiger charge is 2.47. The van der Waals surface area contributed by atoms with E-state index in [4.69, 9.17) is 16.1 Å². The van der Waals surface area contributed by atoms with Gasteiger partial charge in [0.2, 0.25) is 5.91 Å². The van der Waals surface area contributed by atoms with Crippen LogP contribution in [0, 0.1) is 0 Å². The third-order valence-electron chi connectivity index (χ3n) is 5.10. The number of hydrogen-bond acceptors (Lipinski definition) is 6. The summed E-state index contributed by atoms with van der Waals surface area (Å²) in [6.45, 7) is 0. The molecule has 33 heavy (non-hydrogen) atoms. The lowest BCUT2D eigenvalue weighted by Gasteiger charge is -2.37. The zero-order chi connectivity index (χ0) is 23.6. The lowest BCUT2D eigenvalue weighted by atomic mass is 9.88. The van der Waals surface area contributed by atoms with Crippen molar-refractivity contribution < 1.29 is 27.3 Å². The molecule has 172 valence electrons. The molecule has 0 aliphatic heterocycles.